The fraction of sp³-hybridized carbons (Fsp3) is 0.528. The Morgan fingerprint density at radius 2 is 1.08 bits per heavy atom. The second-order valence-corrected chi connectivity index (χ2v) is 12.3. The van der Waals surface area contributed by atoms with Crippen molar-refractivity contribution < 1.29 is 76.4 Å². The molecule has 1 N–H and O–H groups in total. The Morgan fingerprint density at radius 1 is 0.604 bits per heavy atom. The zero-order valence-corrected chi connectivity index (χ0v) is 30.3. The number of rotatable bonds is 16. The Hall–Kier alpha value is -4.16. The molecule has 0 aromatic heterocycles. The summed E-state index contributed by atoms with van der Waals surface area (Å²) in [6, 6.07) is 17.9. The third kappa shape index (κ3) is 12.5. The topological polar surface area (TPSA) is 198 Å². The summed E-state index contributed by atoms with van der Waals surface area (Å²) in [6.07, 6.45) is -14.5. The molecule has 0 bridgehead atoms. The van der Waals surface area contributed by atoms with Crippen LogP contribution in [0.4, 0.5) is 0 Å². The number of alkyl halides is 1. The first-order valence-corrected chi connectivity index (χ1v) is 17.2. The first kappa shape index (κ1) is 41.6. The summed E-state index contributed by atoms with van der Waals surface area (Å²) < 4.78 is 58.3. The number of halogens is 1. The van der Waals surface area contributed by atoms with Crippen molar-refractivity contribution in [2.24, 2.45) is 0 Å². The number of aliphatic hydroxyl groups is 1. The predicted molar refractivity (Wildman–Crippen MR) is 179 cm³/mol. The van der Waals surface area contributed by atoms with Gasteiger partial charge < -0.3 is 52.5 Å². The Balaban J connectivity index is 1.77. The molecule has 17 heteroatoms. The minimum Gasteiger partial charge on any atom is -0.463 e. The number of aliphatic hydroxyl groups excluding tert-OH is 1. The summed E-state index contributed by atoms with van der Waals surface area (Å²) >= 11 is 5.68. The van der Waals surface area contributed by atoms with Gasteiger partial charge in [-0.05, 0) is 11.1 Å². The van der Waals surface area contributed by atoms with E-state index in [4.69, 9.17) is 59.0 Å². The molecule has 2 fully saturated rings. The number of hydrogen-bond donors (Lipinski definition) is 1. The predicted octanol–water partition coefficient (Wildman–Crippen LogP) is 2.12. The van der Waals surface area contributed by atoms with Gasteiger partial charge in [0, 0.05) is 27.7 Å². The molecule has 0 unspecified atom stereocenters. The summed E-state index contributed by atoms with van der Waals surface area (Å²) in [5.74, 6) is -4.39. The van der Waals surface area contributed by atoms with Gasteiger partial charge in [-0.3, -0.25) is 24.0 Å². The molecule has 10 atom stereocenters. The third-order valence-corrected chi connectivity index (χ3v) is 8.16. The minimum atomic E-state index is -1.84. The van der Waals surface area contributed by atoms with Crippen molar-refractivity contribution in [2.45, 2.75) is 102 Å². The van der Waals surface area contributed by atoms with Gasteiger partial charge in [-0.1, -0.05) is 60.7 Å². The first-order chi connectivity index (χ1) is 25.4. The highest BCUT2D eigenvalue weighted by atomic mass is 35.5. The number of benzene rings is 2. The van der Waals surface area contributed by atoms with Crippen LogP contribution in [0.25, 0.3) is 0 Å². The van der Waals surface area contributed by atoms with Crippen LogP contribution in [0, 0.1) is 0 Å². The second kappa shape index (κ2) is 20.3. The molecule has 0 radical (unpaired) electrons. The first-order valence-electron chi connectivity index (χ1n) is 16.7. The maximum Gasteiger partial charge on any atom is 0.320 e. The van der Waals surface area contributed by atoms with Crippen LogP contribution in [0.5, 0.6) is 0 Å². The van der Waals surface area contributed by atoms with Crippen LogP contribution in [0.1, 0.15) is 38.8 Å². The van der Waals surface area contributed by atoms with Crippen molar-refractivity contribution >= 4 is 41.4 Å². The summed E-state index contributed by atoms with van der Waals surface area (Å²) in [7, 11) is 0. The van der Waals surface area contributed by atoms with E-state index in [1.807, 2.05) is 12.1 Å². The van der Waals surface area contributed by atoms with Gasteiger partial charge in [0.15, 0.2) is 30.9 Å². The number of carbonyl (C=O) groups is 5. The molecule has 16 nitrogen and oxygen atoms in total. The van der Waals surface area contributed by atoms with E-state index in [0.29, 0.717) is 5.56 Å². The van der Waals surface area contributed by atoms with Crippen molar-refractivity contribution in [1.82, 2.24) is 0 Å². The summed E-state index contributed by atoms with van der Waals surface area (Å²) in [4.78, 5) is 61.5. The van der Waals surface area contributed by atoms with E-state index < -0.39 is 110 Å². The Kier molecular flexibility index (Phi) is 16.0. The van der Waals surface area contributed by atoms with Crippen LogP contribution in [0.3, 0.4) is 0 Å². The lowest BCUT2D eigenvalue weighted by Crippen LogP contribution is -2.67. The van der Waals surface area contributed by atoms with Gasteiger partial charge >= 0.3 is 29.8 Å². The molecule has 0 aliphatic carbocycles. The summed E-state index contributed by atoms with van der Waals surface area (Å²) in [6.45, 7) is 3.54. The molecule has 0 amide bonds. The quantitative estimate of drug-likeness (QED) is 0.148. The maximum atomic E-state index is 12.6. The van der Waals surface area contributed by atoms with Crippen molar-refractivity contribution in [1.29, 1.82) is 0 Å². The van der Waals surface area contributed by atoms with Gasteiger partial charge in [-0.2, -0.15) is 0 Å². The fourth-order valence-corrected chi connectivity index (χ4v) is 5.85. The summed E-state index contributed by atoms with van der Waals surface area (Å²) in [5.41, 5.74) is 1.44. The molecule has 2 heterocycles. The molecule has 2 aromatic rings. The van der Waals surface area contributed by atoms with Crippen LogP contribution in [0.15, 0.2) is 60.7 Å². The third-order valence-electron chi connectivity index (χ3n) is 7.94. The Morgan fingerprint density at radius 3 is 1.58 bits per heavy atom. The molecule has 2 saturated heterocycles. The van der Waals surface area contributed by atoms with Gasteiger partial charge in [0.05, 0.1) is 13.2 Å². The molecule has 0 saturated carbocycles. The lowest BCUT2D eigenvalue weighted by molar-refractivity contribution is -0.363. The average molecular weight is 767 g/mol. The molecule has 53 heavy (non-hydrogen) atoms. The van der Waals surface area contributed by atoms with Crippen molar-refractivity contribution in [3.8, 4) is 0 Å². The van der Waals surface area contributed by atoms with Crippen molar-refractivity contribution in [2.75, 3.05) is 19.1 Å². The lowest BCUT2D eigenvalue weighted by atomic mass is 9.96. The molecule has 2 aliphatic rings. The van der Waals surface area contributed by atoms with E-state index in [2.05, 4.69) is 0 Å². The molecule has 2 aliphatic heterocycles. The van der Waals surface area contributed by atoms with E-state index in [9.17, 15) is 29.1 Å². The Labute approximate surface area is 310 Å². The van der Waals surface area contributed by atoms with Crippen molar-refractivity contribution in [3.05, 3.63) is 71.8 Å². The van der Waals surface area contributed by atoms with E-state index in [1.165, 1.54) is 6.92 Å². The molecular weight excluding hydrogens is 724 g/mol. The average Bonchev–Trinajstić information content (AvgIpc) is 3.12. The molecule has 2 aromatic carbocycles. The molecule has 290 valence electrons. The highest BCUT2D eigenvalue weighted by Gasteiger charge is 2.56. The summed E-state index contributed by atoms with van der Waals surface area (Å²) in [5, 5.41) is 11.1. The van der Waals surface area contributed by atoms with Gasteiger partial charge in [-0.25, -0.2) is 0 Å². The van der Waals surface area contributed by atoms with E-state index >= 15 is 0 Å². The van der Waals surface area contributed by atoms with Gasteiger partial charge in [0.2, 0.25) is 0 Å². The lowest BCUT2D eigenvalue weighted by Gasteiger charge is -2.48. The fourth-order valence-electron chi connectivity index (χ4n) is 5.77. The van der Waals surface area contributed by atoms with Crippen LogP contribution < -0.4 is 0 Å². The normalized spacial score (nSPS) is 28.3. The van der Waals surface area contributed by atoms with Crippen molar-refractivity contribution in [3.63, 3.8) is 0 Å². The SMILES string of the molecule is CC(=O)OC[C@H]1O[C@@H](O)[C@H](OC(C)=O)[C@@H](O[C@@H]2O[C@H](COC(=O)CCl)[C@@H](OCc3ccccc3)[C@H](OC(C)=O)[C@H]2OC(C)=O)[C@@H]1OCc1ccccc1. The van der Waals surface area contributed by atoms with E-state index in [1.54, 1.807) is 48.5 Å². The van der Waals surface area contributed by atoms with E-state index in [0.717, 1.165) is 26.3 Å². The number of hydrogen-bond acceptors (Lipinski definition) is 16. The minimum absolute atomic E-state index is 0.0290. The van der Waals surface area contributed by atoms with Gasteiger partial charge in [0.25, 0.3) is 0 Å². The number of ether oxygens (including phenoxy) is 10. The maximum absolute atomic E-state index is 12.6. The van der Waals surface area contributed by atoms with Crippen LogP contribution in [-0.2, 0) is 84.6 Å². The smallest absolute Gasteiger partial charge is 0.320 e. The van der Waals surface area contributed by atoms with Crippen LogP contribution >= 0.6 is 11.6 Å². The van der Waals surface area contributed by atoms with Crippen LogP contribution in [-0.4, -0.2) is 115 Å². The van der Waals surface area contributed by atoms with Crippen LogP contribution in [0.2, 0.25) is 0 Å². The van der Waals surface area contributed by atoms with Gasteiger partial charge in [0.1, 0.15) is 49.6 Å². The number of carbonyl (C=O) groups excluding carboxylic acids is 5. The molecule has 0 spiro atoms. The number of esters is 5. The highest BCUT2D eigenvalue weighted by molar-refractivity contribution is 6.26. The monoisotopic (exact) mass is 766 g/mol. The molecule has 4 rings (SSSR count). The standard InChI is InChI=1S/C36H43ClO16/c1-20(38)44-18-26-29(46-16-24-11-7-5-8-12-24)31(33(35(43)51-26)49-22(3)40)53-36-34(50-23(4)41)32(48-21(2)39)30(27(52-36)19-45-28(42)15-37)47-17-25-13-9-6-10-14-25/h5-14,26-27,29-36,43H,15-19H2,1-4H3/t26-,27-,29-,30-,31+,32+,33-,34-,35-,36+/m1/s1. The highest BCUT2D eigenvalue weighted by Crippen LogP contribution is 2.35. The second-order valence-electron chi connectivity index (χ2n) is 12.1. The van der Waals surface area contributed by atoms with Gasteiger partial charge in [-0.15, -0.1) is 11.6 Å². The largest absolute Gasteiger partial charge is 0.463 e. The molecular formula is C36H43ClO16. The zero-order chi connectivity index (χ0) is 38.5. The van der Waals surface area contributed by atoms with E-state index in [-0.39, 0.29) is 13.2 Å². The Bertz CT molecular complexity index is 1510. The zero-order valence-electron chi connectivity index (χ0n) is 29.5.